The highest BCUT2D eigenvalue weighted by molar-refractivity contribution is 5.81. The van der Waals surface area contributed by atoms with Gasteiger partial charge in [0.2, 0.25) is 5.91 Å². The van der Waals surface area contributed by atoms with Crippen LogP contribution >= 0.6 is 0 Å². The van der Waals surface area contributed by atoms with Gasteiger partial charge < -0.3 is 9.84 Å². The molecule has 1 fully saturated rings. The lowest BCUT2D eigenvalue weighted by atomic mass is 10.2. The van der Waals surface area contributed by atoms with Gasteiger partial charge in [0.1, 0.15) is 0 Å². The van der Waals surface area contributed by atoms with E-state index in [0.717, 1.165) is 57.1 Å². The van der Waals surface area contributed by atoms with Gasteiger partial charge in [0, 0.05) is 38.8 Å². The molecule has 1 saturated heterocycles. The molecule has 6 heteroatoms. The first kappa shape index (κ1) is 16.0. The zero-order chi connectivity index (χ0) is 15.2. The zero-order valence-electron chi connectivity index (χ0n) is 13.3. The SMILES string of the molecule is CCCNC(=O)C(C)N1CCN(Cc2cc(C)no2)CC1. The molecule has 0 aliphatic carbocycles. The van der Waals surface area contributed by atoms with Gasteiger partial charge in [0.25, 0.3) is 0 Å². The van der Waals surface area contributed by atoms with Crippen LogP contribution in [0.4, 0.5) is 0 Å². The highest BCUT2D eigenvalue weighted by Gasteiger charge is 2.25. The maximum absolute atomic E-state index is 12.0. The van der Waals surface area contributed by atoms with Gasteiger partial charge in [-0.3, -0.25) is 14.6 Å². The third kappa shape index (κ3) is 4.54. The van der Waals surface area contributed by atoms with E-state index in [1.165, 1.54) is 0 Å². The predicted molar refractivity (Wildman–Crippen MR) is 80.9 cm³/mol. The van der Waals surface area contributed by atoms with Crippen molar-refractivity contribution in [3.63, 3.8) is 0 Å². The Bertz CT molecular complexity index is 452. The average Bonchev–Trinajstić information content (AvgIpc) is 2.90. The number of aromatic nitrogens is 1. The summed E-state index contributed by atoms with van der Waals surface area (Å²) >= 11 is 0. The van der Waals surface area contributed by atoms with Crippen molar-refractivity contribution in [3.05, 3.63) is 17.5 Å². The highest BCUT2D eigenvalue weighted by Crippen LogP contribution is 2.11. The number of amides is 1. The van der Waals surface area contributed by atoms with E-state index >= 15 is 0 Å². The second-order valence-electron chi connectivity index (χ2n) is 5.71. The monoisotopic (exact) mass is 294 g/mol. The molecule has 0 saturated carbocycles. The molecule has 1 N–H and O–H groups in total. The Morgan fingerprint density at radius 3 is 2.71 bits per heavy atom. The van der Waals surface area contributed by atoms with Crippen molar-refractivity contribution in [2.75, 3.05) is 32.7 Å². The number of hydrogen-bond donors (Lipinski definition) is 1. The fraction of sp³-hybridized carbons (Fsp3) is 0.733. The molecule has 1 aliphatic heterocycles. The molecule has 1 unspecified atom stereocenters. The summed E-state index contributed by atoms with van der Waals surface area (Å²) in [5, 5.41) is 6.88. The van der Waals surface area contributed by atoms with Crippen molar-refractivity contribution in [2.45, 2.75) is 39.8 Å². The number of carbonyl (C=O) groups excluding carboxylic acids is 1. The molecule has 0 aromatic carbocycles. The second-order valence-corrected chi connectivity index (χ2v) is 5.71. The molecule has 0 spiro atoms. The summed E-state index contributed by atoms with van der Waals surface area (Å²) in [5.41, 5.74) is 0.921. The summed E-state index contributed by atoms with van der Waals surface area (Å²) in [6.07, 6.45) is 0.975. The molecular weight excluding hydrogens is 268 g/mol. The summed E-state index contributed by atoms with van der Waals surface area (Å²) in [6, 6.07) is 1.93. The quantitative estimate of drug-likeness (QED) is 0.848. The Morgan fingerprint density at radius 2 is 2.14 bits per heavy atom. The van der Waals surface area contributed by atoms with Crippen molar-refractivity contribution in [3.8, 4) is 0 Å². The Morgan fingerprint density at radius 1 is 1.43 bits per heavy atom. The average molecular weight is 294 g/mol. The van der Waals surface area contributed by atoms with Gasteiger partial charge in [-0.25, -0.2) is 0 Å². The van der Waals surface area contributed by atoms with Gasteiger partial charge in [-0.2, -0.15) is 0 Å². The van der Waals surface area contributed by atoms with Crippen molar-refractivity contribution < 1.29 is 9.32 Å². The number of rotatable bonds is 6. The zero-order valence-corrected chi connectivity index (χ0v) is 13.3. The molecule has 1 atom stereocenters. The first-order valence-corrected chi connectivity index (χ1v) is 7.76. The van der Waals surface area contributed by atoms with E-state index in [1.54, 1.807) is 0 Å². The molecule has 2 heterocycles. The van der Waals surface area contributed by atoms with Crippen LogP contribution in [0.3, 0.4) is 0 Å². The number of nitrogens with zero attached hydrogens (tertiary/aromatic N) is 3. The van der Waals surface area contributed by atoms with Gasteiger partial charge >= 0.3 is 0 Å². The van der Waals surface area contributed by atoms with Gasteiger partial charge in [-0.1, -0.05) is 12.1 Å². The normalized spacial score (nSPS) is 18.6. The summed E-state index contributed by atoms with van der Waals surface area (Å²) in [5.74, 6) is 1.05. The van der Waals surface area contributed by atoms with E-state index < -0.39 is 0 Å². The third-order valence-corrected chi connectivity index (χ3v) is 3.94. The fourth-order valence-corrected chi connectivity index (χ4v) is 2.58. The van der Waals surface area contributed by atoms with E-state index in [2.05, 4.69) is 27.2 Å². The van der Waals surface area contributed by atoms with Crippen LogP contribution < -0.4 is 5.32 Å². The van der Waals surface area contributed by atoms with Crippen LogP contribution in [0.2, 0.25) is 0 Å². The van der Waals surface area contributed by atoms with E-state index in [-0.39, 0.29) is 11.9 Å². The minimum atomic E-state index is -0.0498. The molecule has 2 rings (SSSR count). The number of carbonyl (C=O) groups is 1. The van der Waals surface area contributed by atoms with Crippen LogP contribution in [-0.2, 0) is 11.3 Å². The summed E-state index contributed by atoms with van der Waals surface area (Å²) in [6.45, 7) is 11.3. The van der Waals surface area contributed by atoms with Crippen molar-refractivity contribution >= 4 is 5.91 Å². The fourth-order valence-electron chi connectivity index (χ4n) is 2.58. The Hall–Kier alpha value is -1.40. The smallest absolute Gasteiger partial charge is 0.237 e. The summed E-state index contributed by atoms with van der Waals surface area (Å²) < 4.78 is 5.25. The molecule has 0 radical (unpaired) electrons. The molecule has 1 aliphatic rings. The maximum atomic E-state index is 12.0. The van der Waals surface area contributed by atoms with Crippen LogP contribution in [-0.4, -0.2) is 59.6 Å². The molecule has 6 nitrogen and oxygen atoms in total. The molecule has 118 valence electrons. The van der Waals surface area contributed by atoms with Crippen LogP contribution in [0, 0.1) is 6.92 Å². The predicted octanol–water partition coefficient (Wildman–Crippen LogP) is 1.02. The minimum absolute atomic E-state index is 0.0498. The minimum Gasteiger partial charge on any atom is -0.360 e. The summed E-state index contributed by atoms with van der Waals surface area (Å²) in [7, 11) is 0. The third-order valence-electron chi connectivity index (χ3n) is 3.94. The Labute approximate surface area is 126 Å². The number of hydrogen-bond acceptors (Lipinski definition) is 5. The highest BCUT2D eigenvalue weighted by atomic mass is 16.5. The van der Waals surface area contributed by atoms with E-state index in [1.807, 2.05) is 19.9 Å². The van der Waals surface area contributed by atoms with Crippen molar-refractivity contribution in [1.29, 1.82) is 0 Å². The van der Waals surface area contributed by atoms with E-state index in [4.69, 9.17) is 4.52 Å². The topological polar surface area (TPSA) is 61.6 Å². The second kappa shape index (κ2) is 7.56. The van der Waals surface area contributed by atoms with Crippen molar-refractivity contribution in [1.82, 2.24) is 20.3 Å². The van der Waals surface area contributed by atoms with E-state index in [9.17, 15) is 4.79 Å². The lowest BCUT2D eigenvalue weighted by Gasteiger charge is -2.37. The van der Waals surface area contributed by atoms with Crippen LogP contribution in [0.5, 0.6) is 0 Å². The number of nitrogens with one attached hydrogen (secondary N) is 1. The van der Waals surface area contributed by atoms with Gasteiger partial charge in [0.05, 0.1) is 18.3 Å². The molecule has 0 bridgehead atoms. The molecule has 1 aromatic rings. The lowest BCUT2D eigenvalue weighted by molar-refractivity contribution is -0.126. The first-order valence-electron chi connectivity index (χ1n) is 7.76. The van der Waals surface area contributed by atoms with Crippen LogP contribution in [0.1, 0.15) is 31.7 Å². The largest absolute Gasteiger partial charge is 0.360 e. The molecular formula is C15H26N4O2. The van der Waals surface area contributed by atoms with Gasteiger partial charge in [0.15, 0.2) is 5.76 Å². The standard InChI is InChI=1S/C15H26N4O2/c1-4-5-16-15(20)13(3)19-8-6-18(7-9-19)11-14-10-12(2)17-21-14/h10,13H,4-9,11H2,1-3H3,(H,16,20). The van der Waals surface area contributed by atoms with Gasteiger partial charge in [-0.15, -0.1) is 0 Å². The lowest BCUT2D eigenvalue weighted by Crippen LogP contribution is -2.53. The first-order chi connectivity index (χ1) is 10.1. The maximum Gasteiger partial charge on any atom is 0.237 e. The molecule has 1 aromatic heterocycles. The molecule has 1 amide bonds. The Kier molecular flexibility index (Phi) is 5.76. The Balaban J connectivity index is 1.76. The number of aryl methyl sites for hydroxylation is 1. The van der Waals surface area contributed by atoms with Gasteiger partial charge in [-0.05, 0) is 20.3 Å². The summed E-state index contributed by atoms with van der Waals surface area (Å²) in [4.78, 5) is 16.6. The number of piperazine rings is 1. The molecule has 21 heavy (non-hydrogen) atoms. The van der Waals surface area contributed by atoms with Crippen molar-refractivity contribution in [2.24, 2.45) is 0 Å². The van der Waals surface area contributed by atoms with Crippen LogP contribution in [0.15, 0.2) is 10.6 Å². The van der Waals surface area contributed by atoms with Crippen LogP contribution in [0.25, 0.3) is 0 Å². The van der Waals surface area contributed by atoms with E-state index in [0.29, 0.717) is 0 Å².